The van der Waals surface area contributed by atoms with Crippen molar-refractivity contribution in [2.45, 2.75) is 26.4 Å². The van der Waals surface area contributed by atoms with Gasteiger partial charge in [0.1, 0.15) is 17.1 Å². The van der Waals surface area contributed by atoms with E-state index in [4.69, 9.17) is 15.2 Å². The maximum Gasteiger partial charge on any atom is 0.122 e. The van der Waals surface area contributed by atoms with Gasteiger partial charge in [-0.05, 0) is 23.1 Å². The van der Waals surface area contributed by atoms with Gasteiger partial charge in [0, 0.05) is 12.6 Å². The summed E-state index contributed by atoms with van der Waals surface area (Å²) >= 11 is 0. The Kier molecular flexibility index (Phi) is 4.24. The van der Waals surface area contributed by atoms with Gasteiger partial charge < -0.3 is 20.3 Å². The molecule has 0 spiro atoms. The summed E-state index contributed by atoms with van der Waals surface area (Å²) in [5.41, 5.74) is 4.96. The van der Waals surface area contributed by atoms with Gasteiger partial charge in [0.25, 0.3) is 0 Å². The molecule has 1 atom stereocenters. The van der Waals surface area contributed by atoms with Crippen molar-refractivity contribution in [1.29, 1.82) is 0 Å². The number of hydrogen-bond acceptors (Lipinski definition) is 4. The normalized spacial score (nSPS) is 15.1. The fourth-order valence-electron chi connectivity index (χ4n) is 1.90. The summed E-state index contributed by atoms with van der Waals surface area (Å²) in [4.78, 5) is 0. The monoisotopic (exact) mass is 253 g/mol. The number of nitrogens with two attached hydrogens (primary N) is 1. The van der Waals surface area contributed by atoms with E-state index in [0.29, 0.717) is 17.1 Å². The van der Waals surface area contributed by atoms with Gasteiger partial charge in [0.2, 0.25) is 0 Å². The van der Waals surface area contributed by atoms with Crippen LogP contribution in [0, 0.1) is 5.41 Å². The summed E-state index contributed by atoms with van der Waals surface area (Å²) in [6.07, 6.45) is 0. The predicted molar refractivity (Wildman–Crippen MR) is 72.0 cm³/mol. The van der Waals surface area contributed by atoms with E-state index < -0.39 is 5.60 Å². The van der Waals surface area contributed by atoms with Gasteiger partial charge in [-0.2, -0.15) is 0 Å². The Labute approximate surface area is 109 Å². The van der Waals surface area contributed by atoms with Gasteiger partial charge >= 0.3 is 0 Å². The summed E-state index contributed by atoms with van der Waals surface area (Å²) in [5.74, 6) is 1.28. The standard InChI is InChI=1S/C14H23NO3/c1-13(2,3)14(16,9-15)10-6-11(17-4)8-12(7-10)18-5/h6-8,16H,9,15H2,1-5H3. The zero-order valence-electron chi connectivity index (χ0n) is 11.8. The second kappa shape index (κ2) is 5.16. The molecule has 1 aromatic rings. The highest BCUT2D eigenvalue weighted by Crippen LogP contribution is 2.41. The molecular formula is C14H23NO3. The predicted octanol–water partition coefficient (Wildman–Crippen LogP) is 1.90. The largest absolute Gasteiger partial charge is 0.497 e. The SMILES string of the molecule is COc1cc(OC)cc(C(O)(CN)C(C)(C)C)c1. The summed E-state index contributed by atoms with van der Waals surface area (Å²) < 4.78 is 10.4. The second-order valence-electron chi connectivity index (χ2n) is 5.42. The molecule has 102 valence electrons. The average Bonchev–Trinajstić information content (AvgIpc) is 2.35. The third-order valence-corrected chi connectivity index (χ3v) is 3.37. The van der Waals surface area contributed by atoms with E-state index in [1.807, 2.05) is 20.8 Å². The molecule has 0 aromatic heterocycles. The molecule has 1 unspecified atom stereocenters. The van der Waals surface area contributed by atoms with Gasteiger partial charge in [-0.3, -0.25) is 0 Å². The first-order valence-electron chi connectivity index (χ1n) is 5.94. The van der Waals surface area contributed by atoms with E-state index >= 15 is 0 Å². The number of rotatable bonds is 4. The molecule has 3 N–H and O–H groups in total. The Balaban J connectivity index is 3.38. The van der Waals surface area contributed by atoms with Crippen molar-refractivity contribution in [3.8, 4) is 11.5 Å². The fourth-order valence-corrected chi connectivity index (χ4v) is 1.90. The lowest BCUT2D eigenvalue weighted by Crippen LogP contribution is -2.46. The van der Waals surface area contributed by atoms with E-state index in [9.17, 15) is 5.11 Å². The van der Waals surface area contributed by atoms with Crippen LogP contribution in [0.4, 0.5) is 0 Å². The topological polar surface area (TPSA) is 64.7 Å². The molecule has 0 aliphatic heterocycles. The highest BCUT2D eigenvalue weighted by Gasteiger charge is 2.41. The zero-order valence-corrected chi connectivity index (χ0v) is 11.8. The Morgan fingerprint density at radius 3 is 1.78 bits per heavy atom. The van der Waals surface area contributed by atoms with Crippen LogP contribution in [-0.2, 0) is 5.60 Å². The molecule has 0 aliphatic rings. The molecular weight excluding hydrogens is 230 g/mol. The Bertz CT molecular complexity index is 390. The van der Waals surface area contributed by atoms with E-state index in [0.717, 1.165) is 0 Å². The van der Waals surface area contributed by atoms with Crippen LogP contribution in [0.1, 0.15) is 26.3 Å². The third kappa shape index (κ3) is 2.60. The van der Waals surface area contributed by atoms with Crippen LogP contribution in [0.25, 0.3) is 0 Å². The molecule has 1 rings (SSSR count). The van der Waals surface area contributed by atoms with Crippen molar-refractivity contribution in [2.75, 3.05) is 20.8 Å². The zero-order chi connectivity index (χ0) is 14.0. The highest BCUT2D eigenvalue weighted by atomic mass is 16.5. The summed E-state index contributed by atoms with van der Waals surface area (Å²) in [6, 6.07) is 5.35. The maximum absolute atomic E-state index is 10.8. The first-order chi connectivity index (χ1) is 8.28. The molecule has 0 saturated carbocycles. The van der Waals surface area contributed by atoms with E-state index in [2.05, 4.69) is 0 Å². The second-order valence-corrected chi connectivity index (χ2v) is 5.42. The van der Waals surface area contributed by atoms with Crippen molar-refractivity contribution in [1.82, 2.24) is 0 Å². The molecule has 4 nitrogen and oxygen atoms in total. The summed E-state index contributed by atoms with van der Waals surface area (Å²) in [7, 11) is 3.16. The molecule has 4 heteroatoms. The van der Waals surface area contributed by atoms with Crippen LogP contribution in [0.3, 0.4) is 0 Å². The Morgan fingerprint density at radius 1 is 1.06 bits per heavy atom. The molecule has 1 aromatic carbocycles. The van der Waals surface area contributed by atoms with Crippen molar-refractivity contribution in [3.05, 3.63) is 23.8 Å². The van der Waals surface area contributed by atoms with Gasteiger partial charge in [0.15, 0.2) is 0 Å². The van der Waals surface area contributed by atoms with Crippen LogP contribution in [0.15, 0.2) is 18.2 Å². The smallest absolute Gasteiger partial charge is 0.122 e. The van der Waals surface area contributed by atoms with Crippen LogP contribution in [-0.4, -0.2) is 25.9 Å². The third-order valence-electron chi connectivity index (χ3n) is 3.37. The van der Waals surface area contributed by atoms with Gasteiger partial charge in [0.05, 0.1) is 14.2 Å². The number of methoxy groups -OCH3 is 2. The minimum absolute atomic E-state index is 0.132. The molecule has 0 bridgehead atoms. The first kappa shape index (κ1) is 14.8. The number of aliphatic hydroxyl groups is 1. The minimum Gasteiger partial charge on any atom is -0.497 e. The molecule has 0 fully saturated rings. The molecule has 0 heterocycles. The van der Waals surface area contributed by atoms with Crippen LogP contribution in [0.2, 0.25) is 0 Å². The van der Waals surface area contributed by atoms with Crippen molar-refractivity contribution < 1.29 is 14.6 Å². The number of benzene rings is 1. The number of ether oxygens (including phenoxy) is 2. The van der Waals surface area contributed by atoms with E-state index in [1.165, 1.54) is 0 Å². The van der Waals surface area contributed by atoms with Crippen molar-refractivity contribution in [3.63, 3.8) is 0 Å². The van der Waals surface area contributed by atoms with E-state index in [-0.39, 0.29) is 12.0 Å². The minimum atomic E-state index is -1.13. The van der Waals surface area contributed by atoms with Crippen molar-refractivity contribution >= 4 is 0 Å². The van der Waals surface area contributed by atoms with Gasteiger partial charge in [-0.1, -0.05) is 20.8 Å². The molecule has 0 aliphatic carbocycles. The van der Waals surface area contributed by atoms with E-state index in [1.54, 1.807) is 32.4 Å². The first-order valence-corrected chi connectivity index (χ1v) is 5.94. The maximum atomic E-state index is 10.8. The van der Waals surface area contributed by atoms with Crippen LogP contribution < -0.4 is 15.2 Å². The van der Waals surface area contributed by atoms with Crippen LogP contribution in [0.5, 0.6) is 11.5 Å². The summed E-state index contributed by atoms with van der Waals surface area (Å²) in [6.45, 7) is 5.98. The number of hydrogen-bond donors (Lipinski definition) is 2. The quantitative estimate of drug-likeness (QED) is 0.860. The fraction of sp³-hybridized carbons (Fsp3) is 0.571. The summed E-state index contributed by atoms with van der Waals surface area (Å²) in [5, 5.41) is 10.8. The lowest BCUT2D eigenvalue weighted by atomic mass is 9.72. The molecule has 0 saturated heterocycles. The molecule has 0 radical (unpaired) electrons. The Hall–Kier alpha value is -1.26. The highest BCUT2D eigenvalue weighted by molar-refractivity contribution is 5.41. The lowest BCUT2D eigenvalue weighted by molar-refractivity contribution is -0.0559. The molecule has 0 amide bonds. The average molecular weight is 253 g/mol. The van der Waals surface area contributed by atoms with Gasteiger partial charge in [-0.25, -0.2) is 0 Å². The van der Waals surface area contributed by atoms with Crippen LogP contribution >= 0.6 is 0 Å². The lowest BCUT2D eigenvalue weighted by Gasteiger charge is -2.40. The van der Waals surface area contributed by atoms with Crippen molar-refractivity contribution in [2.24, 2.45) is 11.1 Å². The molecule has 18 heavy (non-hydrogen) atoms. The Morgan fingerprint density at radius 2 is 1.50 bits per heavy atom. The van der Waals surface area contributed by atoms with Gasteiger partial charge in [-0.15, -0.1) is 0 Å².